The Labute approximate surface area is 130 Å². The quantitative estimate of drug-likeness (QED) is 0.488. The molecule has 7 heteroatoms. The van der Waals surface area contributed by atoms with Crippen LogP contribution in [0.5, 0.6) is 0 Å². The molecule has 2 rings (SSSR count). The van der Waals surface area contributed by atoms with Crippen LogP contribution < -0.4 is 10.2 Å². The molecule has 1 aromatic rings. The Balaban J connectivity index is 2.30. The van der Waals surface area contributed by atoms with Crippen LogP contribution in [-0.2, 0) is 0 Å². The fourth-order valence-electron chi connectivity index (χ4n) is 2.42. The van der Waals surface area contributed by atoms with E-state index in [0.717, 1.165) is 12.8 Å². The number of piperidine rings is 1. The van der Waals surface area contributed by atoms with E-state index in [9.17, 15) is 14.5 Å². The Morgan fingerprint density at radius 2 is 2.05 bits per heavy atom. The fraction of sp³-hybridized carbons (Fsp3) is 0.538. The summed E-state index contributed by atoms with van der Waals surface area (Å²) in [7, 11) is 1.92. The van der Waals surface area contributed by atoms with Gasteiger partial charge in [-0.1, -0.05) is 0 Å². The summed E-state index contributed by atoms with van der Waals surface area (Å²) in [4.78, 5) is 12.6. The Hall–Kier alpha value is -0.960. The predicted molar refractivity (Wildman–Crippen MR) is 84.7 cm³/mol. The zero-order valence-corrected chi connectivity index (χ0v) is 13.6. The Kier molecular flexibility index (Phi) is 4.48. The number of nitrogens with one attached hydrogen (secondary N) is 1. The van der Waals surface area contributed by atoms with Crippen molar-refractivity contribution in [3.8, 4) is 0 Å². The summed E-state index contributed by atoms with van der Waals surface area (Å²) in [6, 6.07) is 2.58. The number of nitro groups is 1. The third-order valence-electron chi connectivity index (χ3n) is 4.03. The van der Waals surface area contributed by atoms with Gasteiger partial charge in [0.1, 0.15) is 11.5 Å². The fourth-order valence-corrected chi connectivity index (χ4v) is 2.87. The van der Waals surface area contributed by atoms with E-state index in [1.54, 1.807) is 22.6 Å². The number of halogens is 2. The maximum atomic E-state index is 13.7. The van der Waals surface area contributed by atoms with Crippen LogP contribution in [0.15, 0.2) is 12.1 Å². The summed E-state index contributed by atoms with van der Waals surface area (Å²) in [5, 5.41) is 14.4. The number of hydrogen-bond donors (Lipinski definition) is 1. The molecule has 1 heterocycles. The van der Waals surface area contributed by atoms with Crippen LogP contribution in [0.4, 0.5) is 15.8 Å². The van der Waals surface area contributed by atoms with Crippen molar-refractivity contribution < 1.29 is 9.31 Å². The van der Waals surface area contributed by atoms with Crippen LogP contribution in [0.1, 0.15) is 19.8 Å². The number of benzene rings is 1. The van der Waals surface area contributed by atoms with E-state index in [-0.39, 0.29) is 14.8 Å². The summed E-state index contributed by atoms with van der Waals surface area (Å²) < 4.78 is 14.0. The van der Waals surface area contributed by atoms with Gasteiger partial charge in [-0.2, -0.15) is 0 Å². The molecule has 1 aromatic carbocycles. The van der Waals surface area contributed by atoms with Crippen molar-refractivity contribution in [2.75, 3.05) is 25.0 Å². The molecule has 0 saturated carbocycles. The lowest BCUT2D eigenvalue weighted by Gasteiger charge is -2.40. The molecular formula is C13H17FIN3O2. The van der Waals surface area contributed by atoms with Crippen molar-refractivity contribution in [2.45, 2.75) is 25.3 Å². The average Bonchev–Trinajstić information content (AvgIpc) is 2.42. The van der Waals surface area contributed by atoms with Crippen LogP contribution >= 0.6 is 22.6 Å². The van der Waals surface area contributed by atoms with Gasteiger partial charge < -0.3 is 10.2 Å². The lowest BCUT2D eigenvalue weighted by atomic mass is 9.89. The normalized spacial score (nSPS) is 18.1. The lowest BCUT2D eigenvalue weighted by Crippen LogP contribution is -2.50. The lowest BCUT2D eigenvalue weighted by molar-refractivity contribution is -0.384. The highest BCUT2D eigenvalue weighted by molar-refractivity contribution is 14.1. The molecule has 0 amide bonds. The minimum atomic E-state index is -0.442. The smallest absolute Gasteiger partial charge is 0.293 e. The number of hydrogen-bond acceptors (Lipinski definition) is 4. The summed E-state index contributed by atoms with van der Waals surface area (Å²) in [6.45, 7) is 3.49. The first-order valence-corrected chi connectivity index (χ1v) is 7.51. The molecule has 110 valence electrons. The summed E-state index contributed by atoms with van der Waals surface area (Å²) in [5.41, 5.74) is 0.405. The zero-order chi connectivity index (χ0) is 14.9. The molecule has 0 unspecified atom stereocenters. The molecule has 0 bridgehead atoms. The van der Waals surface area contributed by atoms with Gasteiger partial charge in [0.05, 0.1) is 8.49 Å². The second kappa shape index (κ2) is 5.80. The number of nitrogens with zero attached hydrogens (tertiary/aromatic N) is 2. The summed E-state index contributed by atoms with van der Waals surface area (Å²) in [5.74, 6) is -0.409. The van der Waals surface area contributed by atoms with E-state index in [2.05, 4.69) is 12.2 Å². The second-order valence-corrected chi connectivity index (χ2v) is 6.47. The zero-order valence-electron chi connectivity index (χ0n) is 11.4. The number of rotatable bonds is 3. The third-order valence-corrected chi connectivity index (χ3v) is 4.85. The SMILES string of the molecule is CNC1(C)CCN(c2cc(F)c(I)cc2[N+](=O)[O-])CC1. The number of anilines is 1. The van der Waals surface area contributed by atoms with Crippen LogP contribution in [-0.4, -0.2) is 30.6 Å². The van der Waals surface area contributed by atoms with Gasteiger partial charge in [0.15, 0.2) is 0 Å². The van der Waals surface area contributed by atoms with Crippen molar-refractivity contribution >= 4 is 34.0 Å². The van der Waals surface area contributed by atoms with Crippen LogP contribution in [0.3, 0.4) is 0 Å². The number of nitro benzene ring substituents is 1. The third kappa shape index (κ3) is 3.03. The molecule has 0 atom stereocenters. The highest BCUT2D eigenvalue weighted by Gasteiger charge is 2.31. The molecule has 1 aliphatic rings. The largest absolute Gasteiger partial charge is 0.366 e. The molecule has 5 nitrogen and oxygen atoms in total. The Morgan fingerprint density at radius 3 is 2.55 bits per heavy atom. The first kappa shape index (κ1) is 15.4. The van der Waals surface area contributed by atoms with Gasteiger partial charge >= 0.3 is 0 Å². The van der Waals surface area contributed by atoms with E-state index in [0.29, 0.717) is 18.8 Å². The van der Waals surface area contributed by atoms with Crippen LogP contribution in [0.2, 0.25) is 0 Å². The predicted octanol–water partition coefficient (Wildman–Crippen LogP) is 2.92. The standard InChI is InChI=1S/C13H17FIN3O2/c1-13(16-2)3-5-17(6-4-13)11-7-9(14)10(15)8-12(11)18(19)20/h7-8,16H,3-6H2,1-2H3. The molecule has 0 aliphatic carbocycles. The maximum Gasteiger partial charge on any atom is 0.293 e. The van der Waals surface area contributed by atoms with Crippen LogP contribution in [0.25, 0.3) is 0 Å². The van der Waals surface area contributed by atoms with E-state index in [4.69, 9.17) is 0 Å². The van der Waals surface area contributed by atoms with E-state index >= 15 is 0 Å². The van der Waals surface area contributed by atoms with Gasteiger partial charge in [-0.25, -0.2) is 4.39 Å². The molecule has 0 spiro atoms. The first-order chi connectivity index (χ1) is 9.36. The topological polar surface area (TPSA) is 58.4 Å². The van der Waals surface area contributed by atoms with E-state index in [1.807, 2.05) is 11.9 Å². The van der Waals surface area contributed by atoms with Crippen LogP contribution in [0, 0.1) is 19.5 Å². The van der Waals surface area contributed by atoms with Crippen molar-refractivity contribution in [3.05, 3.63) is 31.6 Å². The van der Waals surface area contributed by atoms with Crippen molar-refractivity contribution in [2.24, 2.45) is 0 Å². The summed E-state index contributed by atoms with van der Waals surface area (Å²) >= 11 is 1.77. The molecule has 1 saturated heterocycles. The monoisotopic (exact) mass is 393 g/mol. The molecule has 1 N–H and O–H groups in total. The van der Waals surface area contributed by atoms with Gasteiger partial charge in [-0.3, -0.25) is 10.1 Å². The van der Waals surface area contributed by atoms with E-state index in [1.165, 1.54) is 12.1 Å². The molecule has 1 fully saturated rings. The van der Waals surface area contributed by atoms with Crippen molar-refractivity contribution in [3.63, 3.8) is 0 Å². The van der Waals surface area contributed by atoms with E-state index < -0.39 is 10.7 Å². The van der Waals surface area contributed by atoms with Gasteiger partial charge in [-0.05, 0) is 49.4 Å². The minimum Gasteiger partial charge on any atom is -0.366 e. The Bertz CT molecular complexity index is 531. The molecule has 0 radical (unpaired) electrons. The Morgan fingerprint density at radius 1 is 1.45 bits per heavy atom. The van der Waals surface area contributed by atoms with Gasteiger partial charge in [0, 0.05) is 30.8 Å². The van der Waals surface area contributed by atoms with Crippen molar-refractivity contribution in [1.29, 1.82) is 0 Å². The highest BCUT2D eigenvalue weighted by atomic mass is 127. The summed E-state index contributed by atoms with van der Waals surface area (Å²) in [6.07, 6.45) is 1.74. The average molecular weight is 393 g/mol. The van der Waals surface area contributed by atoms with Gasteiger partial charge in [0.25, 0.3) is 5.69 Å². The second-order valence-electron chi connectivity index (χ2n) is 5.31. The molecule has 1 aliphatic heterocycles. The van der Waals surface area contributed by atoms with Gasteiger partial charge in [-0.15, -0.1) is 0 Å². The molecule has 0 aromatic heterocycles. The molecular weight excluding hydrogens is 376 g/mol. The minimum absolute atomic E-state index is 0.0242. The van der Waals surface area contributed by atoms with Crippen molar-refractivity contribution in [1.82, 2.24) is 5.32 Å². The molecule has 20 heavy (non-hydrogen) atoms. The highest BCUT2D eigenvalue weighted by Crippen LogP contribution is 2.34. The first-order valence-electron chi connectivity index (χ1n) is 6.43. The maximum absolute atomic E-state index is 13.7. The van der Waals surface area contributed by atoms with Gasteiger partial charge in [0.2, 0.25) is 0 Å².